The van der Waals surface area contributed by atoms with Crippen LogP contribution in [0.25, 0.3) is 21.1 Å². The van der Waals surface area contributed by atoms with Crippen LogP contribution >= 0.6 is 0 Å². The van der Waals surface area contributed by atoms with Gasteiger partial charge in [-0.25, -0.2) is 0 Å². The number of methoxy groups -OCH3 is 1. The molecule has 24 heavy (non-hydrogen) atoms. The van der Waals surface area contributed by atoms with E-state index in [-0.39, 0.29) is 20.7 Å². The van der Waals surface area contributed by atoms with Gasteiger partial charge in [0, 0.05) is 0 Å². The Hall–Kier alpha value is -2.36. The van der Waals surface area contributed by atoms with Gasteiger partial charge in [0.05, 0.1) is 0 Å². The van der Waals surface area contributed by atoms with E-state index in [1.807, 2.05) is 54.6 Å². The Morgan fingerprint density at radius 2 is 1.75 bits per heavy atom. The molecule has 0 atom stereocenters. The monoisotopic (exact) mass is 387 g/mol. The van der Waals surface area contributed by atoms with Crippen molar-refractivity contribution in [3.63, 3.8) is 0 Å². The molecule has 0 N–H and O–H groups in total. The zero-order chi connectivity index (χ0) is 16.9. The maximum absolute atomic E-state index is 12.3. The standard InChI is InChI=1S/C19H17NO3Se/c1-3-23-19(21)17-16(13-7-5-4-6-8-13)18(24-20-17)14-9-11-15(22-2)12-10-14/h4-12H,3H2,1-2H3. The number of carbonyl (C=O) groups excluding carboxylic acids is 1. The minimum atomic E-state index is -0.360. The van der Waals surface area contributed by atoms with Crippen molar-refractivity contribution in [1.29, 1.82) is 0 Å². The zero-order valence-corrected chi connectivity index (χ0v) is 15.2. The van der Waals surface area contributed by atoms with E-state index >= 15 is 0 Å². The van der Waals surface area contributed by atoms with Gasteiger partial charge < -0.3 is 0 Å². The molecule has 3 rings (SSSR count). The molecule has 0 fully saturated rings. The first-order valence-corrected chi connectivity index (χ1v) is 9.23. The van der Waals surface area contributed by atoms with E-state index in [1.54, 1.807) is 14.0 Å². The zero-order valence-electron chi connectivity index (χ0n) is 13.5. The predicted molar refractivity (Wildman–Crippen MR) is 94.6 cm³/mol. The fourth-order valence-corrected chi connectivity index (χ4v) is 4.32. The summed E-state index contributed by atoms with van der Waals surface area (Å²) < 4.78 is 16.0. The molecular formula is C19H17NO3Se. The van der Waals surface area contributed by atoms with Crippen LogP contribution in [-0.2, 0) is 4.74 Å². The molecule has 0 radical (unpaired) electrons. The molecule has 4 nitrogen and oxygen atoms in total. The molecule has 0 aliphatic heterocycles. The van der Waals surface area contributed by atoms with Crippen LogP contribution in [0, 0.1) is 0 Å². The molecule has 0 spiro atoms. The third kappa shape index (κ3) is 3.28. The van der Waals surface area contributed by atoms with E-state index in [2.05, 4.69) is 3.98 Å². The van der Waals surface area contributed by atoms with Crippen molar-refractivity contribution in [3.8, 4) is 26.9 Å². The van der Waals surface area contributed by atoms with Gasteiger partial charge in [0.1, 0.15) is 0 Å². The summed E-state index contributed by atoms with van der Waals surface area (Å²) >= 11 is -0.165. The normalized spacial score (nSPS) is 10.4. The summed E-state index contributed by atoms with van der Waals surface area (Å²) in [6, 6.07) is 17.7. The number of aromatic nitrogens is 1. The summed E-state index contributed by atoms with van der Waals surface area (Å²) in [5, 5.41) is 0. The van der Waals surface area contributed by atoms with E-state index in [4.69, 9.17) is 9.47 Å². The molecule has 122 valence electrons. The van der Waals surface area contributed by atoms with Gasteiger partial charge in [-0.05, 0) is 0 Å². The van der Waals surface area contributed by atoms with E-state index in [1.165, 1.54) is 0 Å². The second-order valence-corrected chi connectivity index (χ2v) is 6.67. The van der Waals surface area contributed by atoms with Gasteiger partial charge in [0.15, 0.2) is 0 Å². The first-order valence-electron chi connectivity index (χ1n) is 7.61. The molecule has 0 bridgehead atoms. The summed E-state index contributed by atoms with van der Waals surface area (Å²) in [6.45, 7) is 2.14. The van der Waals surface area contributed by atoms with Gasteiger partial charge in [-0.1, -0.05) is 0 Å². The first-order chi connectivity index (χ1) is 11.7. The van der Waals surface area contributed by atoms with Crippen LogP contribution in [0.1, 0.15) is 17.4 Å². The topological polar surface area (TPSA) is 48.4 Å². The average molecular weight is 386 g/mol. The Balaban J connectivity index is 2.13. The van der Waals surface area contributed by atoms with Crippen LogP contribution in [-0.4, -0.2) is 38.4 Å². The van der Waals surface area contributed by atoms with Gasteiger partial charge in [-0.3, -0.25) is 0 Å². The summed E-state index contributed by atoms with van der Waals surface area (Å²) in [5.41, 5.74) is 3.33. The van der Waals surface area contributed by atoms with E-state index in [9.17, 15) is 4.79 Å². The molecule has 3 aromatic rings. The number of benzene rings is 2. The van der Waals surface area contributed by atoms with E-state index < -0.39 is 0 Å². The van der Waals surface area contributed by atoms with Crippen molar-refractivity contribution in [3.05, 3.63) is 60.3 Å². The molecule has 1 aromatic heterocycles. The fraction of sp³-hybridized carbons (Fsp3) is 0.158. The number of hydrogen-bond donors (Lipinski definition) is 0. The predicted octanol–water partition coefficient (Wildman–Crippen LogP) is 3.66. The summed E-state index contributed by atoms with van der Waals surface area (Å²) in [6.07, 6.45) is 0. The molecule has 0 aliphatic rings. The molecule has 0 amide bonds. The van der Waals surface area contributed by atoms with Crippen molar-refractivity contribution in [2.75, 3.05) is 13.7 Å². The average Bonchev–Trinajstić information content (AvgIpc) is 3.08. The molecule has 0 unspecified atom stereocenters. The molecule has 0 saturated carbocycles. The number of esters is 1. The summed E-state index contributed by atoms with van der Waals surface area (Å²) in [4.78, 5) is 12.3. The Morgan fingerprint density at radius 3 is 2.38 bits per heavy atom. The van der Waals surface area contributed by atoms with E-state index in [0.29, 0.717) is 12.3 Å². The third-order valence-corrected chi connectivity index (χ3v) is 5.46. The Kier molecular flexibility index (Phi) is 5.14. The van der Waals surface area contributed by atoms with Gasteiger partial charge >= 0.3 is 147 Å². The SMILES string of the molecule is CCOC(=O)c1n[se]c(-c2ccc(OC)cc2)c1-c1ccccc1. The van der Waals surface area contributed by atoms with Gasteiger partial charge in [-0.15, -0.1) is 0 Å². The quantitative estimate of drug-likeness (QED) is 0.496. The van der Waals surface area contributed by atoms with Crippen molar-refractivity contribution in [1.82, 2.24) is 3.98 Å². The number of carbonyl (C=O) groups is 1. The molecule has 0 saturated heterocycles. The molecule has 5 heteroatoms. The van der Waals surface area contributed by atoms with Crippen molar-refractivity contribution in [2.24, 2.45) is 0 Å². The number of ether oxygens (including phenoxy) is 2. The van der Waals surface area contributed by atoms with Crippen molar-refractivity contribution in [2.45, 2.75) is 6.92 Å². The fourth-order valence-electron chi connectivity index (χ4n) is 2.44. The van der Waals surface area contributed by atoms with Gasteiger partial charge in [0.25, 0.3) is 0 Å². The van der Waals surface area contributed by atoms with Crippen LogP contribution < -0.4 is 4.74 Å². The van der Waals surface area contributed by atoms with Crippen LogP contribution in [0.4, 0.5) is 0 Å². The first kappa shape index (κ1) is 16.5. The van der Waals surface area contributed by atoms with Gasteiger partial charge in [-0.2, -0.15) is 0 Å². The Morgan fingerprint density at radius 1 is 1.04 bits per heavy atom. The summed E-state index contributed by atoms with van der Waals surface area (Å²) in [5.74, 6) is 0.444. The van der Waals surface area contributed by atoms with Crippen LogP contribution in [0.15, 0.2) is 54.6 Å². The van der Waals surface area contributed by atoms with Crippen LogP contribution in [0.2, 0.25) is 0 Å². The molecule has 2 aromatic carbocycles. The maximum atomic E-state index is 12.3. The van der Waals surface area contributed by atoms with Crippen LogP contribution in [0.5, 0.6) is 5.75 Å². The molecule has 0 aliphatic carbocycles. The van der Waals surface area contributed by atoms with Gasteiger partial charge in [0.2, 0.25) is 0 Å². The number of hydrogen-bond acceptors (Lipinski definition) is 4. The van der Waals surface area contributed by atoms with Crippen molar-refractivity contribution < 1.29 is 14.3 Å². The molecule has 1 heterocycles. The Labute approximate surface area is 147 Å². The second kappa shape index (κ2) is 7.47. The summed E-state index contributed by atoms with van der Waals surface area (Å²) in [7, 11) is 1.64. The minimum absolute atomic E-state index is 0.165. The van der Waals surface area contributed by atoms with Crippen molar-refractivity contribution >= 4 is 20.7 Å². The van der Waals surface area contributed by atoms with Crippen LogP contribution in [0.3, 0.4) is 0 Å². The number of rotatable bonds is 5. The number of nitrogens with zero attached hydrogens (tertiary/aromatic N) is 1. The third-order valence-electron chi connectivity index (χ3n) is 3.58. The molecular weight excluding hydrogens is 369 g/mol. The Bertz CT molecular complexity index is 826. The second-order valence-electron chi connectivity index (χ2n) is 5.05. The van der Waals surface area contributed by atoms with E-state index in [0.717, 1.165) is 26.9 Å².